The van der Waals surface area contributed by atoms with Gasteiger partial charge in [-0.3, -0.25) is 14.7 Å². The van der Waals surface area contributed by atoms with Crippen LogP contribution in [-0.2, 0) is 0 Å². The summed E-state index contributed by atoms with van der Waals surface area (Å²) in [6, 6.07) is 20.2. The van der Waals surface area contributed by atoms with Crippen LogP contribution in [0.25, 0.3) is 10.9 Å². The van der Waals surface area contributed by atoms with Gasteiger partial charge in [0.05, 0.1) is 5.52 Å². The number of fused-ring (bicyclic) bond motifs is 1. The number of hydrogen-bond donors (Lipinski definition) is 1. The minimum atomic E-state index is -0.00720. The van der Waals surface area contributed by atoms with Crippen molar-refractivity contribution >= 4 is 22.5 Å². The number of benzene rings is 2. The van der Waals surface area contributed by atoms with E-state index in [9.17, 15) is 4.79 Å². The fraction of sp³-hybridized carbons (Fsp3) is 0.360. The van der Waals surface area contributed by atoms with Crippen molar-refractivity contribution in [2.45, 2.75) is 20.3 Å². The number of piperazine rings is 1. The van der Waals surface area contributed by atoms with Crippen LogP contribution >= 0.6 is 0 Å². The Morgan fingerprint density at radius 1 is 0.933 bits per heavy atom. The van der Waals surface area contributed by atoms with E-state index in [4.69, 9.17) is 0 Å². The molecule has 158 valence electrons. The van der Waals surface area contributed by atoms with Crippen LogP contribution < -0.4 is 10.2 Å². The zero-order chi connectivity index (χ0) is 19.9. The van der Waals surface area contributed by atoms with Gasteiger partial charge in [-0.25, -0.2) is 0 Å². The van der Waals surface area contributed by atoms with Crippen LogP contribution in [0.4, 0.5) is 5.69 Å². The molecule has 0 radical (unpaired) electrons. The molecule has 0 bridgehead atoms. The van der Waals surface area contributed by atoms with Gasteiger partial charge in [0.25, 0.3) is 5.91 Å². The van der Waals surface area contributed by atoms with Gasteiger partial charge in [-0.15, -0.1) is 0 Å². The molecule has 0 atom stereocenters. The second-order valence-corrected chi connectivity index (χ2v) is 7.54. The lowest BCUT2D eigenvalue weighted by Gasteiger charge is -2.36. The number of pyridine rings is 1. The number of carbonyl (C=O) groups is 1. The number of nitrogens with one attached hydrogen (secondary N) is 1. The highest BCUT2D eigenvalue weighted by Crippen LogP contribution is 2.16. The van der Waals surface area contributed by atoms with Crippen molar-refractivity contribution in [3.05, 3.63) is 72.4 Å². The predicted molar refractivity (Wildman–Crippen MR) is 125 cm³/mol. The van der Waals surface area contributed by atoms with Crippen LogP contribution in [-0.4, -0.2) is 55.1 Å². The summed E-state index contributed by atoms with van der Waals surface area (Å²) in [5.74, 6) is -0.00720. The van der Waals surface area contributed by atoms with Gasteiger partial charge in [-0.2, -0.15) is 0 Å². The molecule has 0 spiro atoms. The van der Waals surface area contributed by atoms with Crippen LogP contribution in [0.2, 0.25) is 0 Å². The molecule has 1 fully saturated rings. The lowest BCUT2D eigenvalue weighted by Crippen LogP contribution is -2.46. The number of rotatable bonds is 7. The molecule has 0 saturated carbocycles. The Balaban J connectivity index is 0.00000256. The molecule has 2 aromatic carbocycles. The van der Waals surface area contributed by atoms with Gasteiger partial charge in [0.2, 0.25) is 0 Å². The molecule has 5 nitrogen and oxygen atoms in total. The van der Waals surface area contributed by atoms with E-state index >= 15 is 0 Å². The third-order valence-electron chi connectivity index (χ3n) is 5.55. The van der Waals surface area contributed by atoms with E-state index in [0.717, 1.165) is 56.5 Å². The molecule has 1 aliphatic heterocycles. The summed E-state index contributed by atoms with van der Waals surface area (Å²) < 4.78 is 0. The molecule has 1 aromatic heterocycles. The normalized spacial score (nSPS) is 14.3. The number of para-hydroxylation sites is 1. The third kappa shape index (κ3) is 5.57. The third-order valence-corrected chi connectivity index (χ3v) is 5.55. The molecule has 2 heterocycles. The number of anilines is 1. The van der Waals surface area contributed by atoms with Crippen molar-refractivity contribution in [2.75, 3.05) is 44.2 Å². The first-order valence-electron chi connectivity index (χ1n) is 10.4. The number of hydrogen-bond acceptors (Lipinski definition) is 4. The standard InChI is InChI=1S/C24H28N4O.CH4/c29-24(21-10-11-23-20(19-21)7-6-13-25-23)26-12-4-5-14-27-15-17-28(18-16-27)22-8-2-1-3-9-22;/h1-3,6-11,13,19H,4-5,12,14-18H2,(H,26,29);1H4. The summed E-state index contributed by atoms with van der Waals surface area (Å²) in [6.07, 6.45) is 3.87. The van der Waals surface area contributed by atoms with Gasteiger partial charge < -0.3 is 10.2 Å². The van der Waals surface area contributed by atoms with Gasteiger partial charge in [0, 0.05) is 55.6 Å². The lowest BCUT2D eigenvalue weighted by atomic mass is 10.1. The van der Waals surface area contributed by atoms with E-state index in [1.54, 1.807) is 6.20 Å². The number of nitrogens with zero attached hydrogens (tertiary/aromatic N) is 3. The average molecular weight is 405 g/mol. The summed E-state index contributed by atoms with van der Waals surface area (Å²) in [7, 11) is 0. The molecule has 30 heavy (non-hydrogen) atoms. The topological polar surface area (TPSA) is 48.5 Å². The Morgan fingerprint density at radius 3 is 2.53 bits per heavy atom. The zero-order valence-electron chi connectivity index (χ0n) is 16.8. The van der Waals surface area contributed by atoms with Gasteiger partial charge in [-0.05, 0) is 55.8 Å². The fourth-order valence-electron chi connectivity index (χ4n) is 3.85. The second kappa shape index (κ2) is 10.7. The largest absolute Gasteiger partial charge is 0.369 e. The minimum Gasteiger partial charge on any atom is -0.369 e. The Hall–Kier alpha value is -2.92. The predicted octanol–water partition coefficient (Wildman–Crippen LogP) is 4.20. The second-order valence-electron chi connectivity index (χ2n) is 7.54. The molecule has 0 aliphatic carbocycles. The Bertz CT molecular complexity index is 936. The van der Waals surface area contributed by atoms with Crippen molar-refractivity contribution < 1.29 is 4.79 Å². The van der Waals surface area contributed by atoms with Crippen LogP contribution in [0, 0.1) is 0 Å². The number of carbonyl (C=O) groups excluding carboxylic acids is 1. The van der Waals surface area contributed by atoms with E-state index in [-0.39, 0.29) is 13.3 Å². The summed E-state index contributed by atoms with van der Waals surface area (Å²) in [6.45, 7) is 6.18. The lowest BCUT2D eigenvalue weighted by molar-refractivity contribution is 0.0952. The molecule has 1 N–H and O–H groups in total. The van der Waals surface area contributed by atoms with E-state index in [1.165, 1.54) is 5.69 Å². The number of aromatic nitrogens is 1. The molecule has 5 heteroatoms. The first kappa shape index (κ1) is 21.8. The van der Waals surface area contributed by atoms with Crippen molar-refractivity contribution in [1.82, 2.24) is 15.2 Å². The van der Waals surface area contributed by atoms with Crippen molar-refractivity contribution in [3.63, 3.8) is 0 Å². The van der Waals surface area contributed by atoms with E-state index < -0.39 is 0 Å². The highest BCUT2D eigenvalue weighted by atomic mass is 16.1. The molecule has 3 aromatic rings. The summed E-state index contributed by atoms with van der Waals surface area (Å²) >= 11 is 0. The first-order valence-corrected chi connectivity index (χ1v) is 10.4. The Kier molecular flexibility index (Phi) is 7.80. The first-order chi connectivity index (χ1) is 14.3. The fourth-order valence-corrected chi connectivity index (χ4v) is 3.85. The molecule has 4 rings (SSSR count). The molecular weight excluding hydrogens is 372 g/mol. The SMILES string of the molecule is C.O=C(NCCCCN1CCN(c2ccccc2)CC1)c1ccc2ncccc2c1. The quantitative estimate of drug-likeness (QED) is 0.600. The van der Waals surface area contributed by atoms with Crippen molar-refractivity contribution in [3.8, 4) is 0 Å². The van der Waals surface area contributed by atoms with Crippen LogP contribution in [0.15, 0.2) is 66.9 Å². The monoisotopic (exact) mass is 404 g/mol. The smallest absolute Gasteiger partial charge is 0.251 e. The molecule has 1 saturated heterocycles. The van der Waals surface area contributed by atoms with E-state index in [0.29, 0.717) is 12.1 Å². The highest BCUT2D eigenvalue weighted by molar-refractivity contribution is 5.97. The van der Waals surface area contributed by atoms with Crippen molar-refractivity contribution in [1.29, 1.82) is 0 Å². The highest BCUT2D eigenvalue weighted by Gasteiger charge is 2.16. The van der Waals surface area contributed by atoms with E-state index in [1.807, 2.05) is 30.3 Å². The molecular formula is C25H32N4O. The molecule has 1 aliphatic rings. The van der Waals surface area contributed by atoms with Gasteiger partial charge in [0.15, 0.2) is 0 Å². The zero-order valence-corrected chi connectivity index (χ0v) is 16.8. The van der Waals surface area contributed by atoms with Gasteiger partial charge in [-0.1, -0.05) is 31.7 Å². The Morgan fingerprint density at radius 2 is 1.73 bits per heavy atom. The average Bonchev–Trinajstić information content (AvgIpc) is 2.79. The minimum absolute atomic E-state index is 0. The van der Waals surface area contributed by atoms with Gasteiger partial charge in [0.1, 0.15) is 0 Å². The summed E-state index contributed by atoms with van der Waals surface area (Å²) in [4.78, 5) is 21.7. The maximum Gasteiger partial charge on any atom is 0.251 e. The number of amides is 1. The molecule has 1 amide bonds. The van der Waals surface area contributed by atoms with Gasteiger partial charge >= 0.3 is 0 Å². The number of unbranched alkanes of at least 4 members (excludes halogenated alkanes) is 1. The maximum atomic E-state index is 12.4. The maximum absolute atomic E-state index is 12.4. The van der Waals surface area contributed by atoms with Crippen LogP contribution in [0.1, 0.15) is 30.6 Å². The van der Waals surface area contributed by atoms with Crippen LogP contribution in [0.3, 0.4) is 0 Å². The Labute approximate surface area is 179 Å². The van der Waals surface area contributed by atoms with Crippen LogP contribution in [0.5, 0.6) is 0 Å². The van der Waals surface area contributed by atoms with E-state index in [2.05, 4.69) is 50.4 Å². The molecule has 0 unspecified atom stereocenters. The summed E-state index contributed by atoms with van der Waals surface area (Å²) in [5.41, 5.74) is 2.93. The van der Waals surface area contributed by atoms with Crippen molar-refractivity contribution in [2.24, 2.45) is 0 Å². The summed E-state index contributed by atoms with van der Waals surface area (Å²) in [5, 5.41) is 4.04.